The minimum Gasteiger partial charge on any atom is -0.489 e. The molecule has 2 amide bonds. The Bertz CT molecular complexity index is 646. The minimum atomic E-state index is -4.29. The molecule has 0 radical (unpaired) electrons. The Kier molecular flexibility index (Phi) is 6.00. The van der Waals surface area contributed by atoms with E-state index in [2.05, 4.69) is 15.6 Å². The average molecular weight is 339 g/mol. The van der Waals surface area contributed by atoms with E-state index in [1.807, 2.05) is 12.1 Å². The van der Waals surface area contributed by atoms with E-state index in [1.165, 1.54) is 0 Å². The maximum Gasteiger partial charge on any atom is 0.390 e. The molecule has 1 heterocycles. The van der Waals surface area contributed by atoms with Gasteiger partial charge in [-0.3, -0.25) is 4.98 Å². The van der Waals surface area contributed by atoms with Crippen LogP contribution in [0.1, 0.15) is 12.0 Å². The number of pyridine rings is 1. The monoisotopic (exact) mass is 339 g/mol. The Morgan fingerprint density at radius 2 is 1.92 bits per heavy atom. The number of anilines is 1. The zero-order chi connectivity index (χ0) is 17.4. The number of rotatable bonds is 6. The SMILES string of the molecule is O=C(NCCC(F)(F)F)Nc1ccc(OCc2cccnc2)cc1. The second-order valence-electron chi connectivity index (χ2n) is 4.92. The molecule has 24 heavy (non-hydrogen) atoms. The molecule has 128 valence electrons. The van der Waals surface area contributed by atoms with Crippen LogP contribution in [0.25, 0.3) is 0 Å². The number of nitrogens with one attached hydrogen (secondary N) is 2. The van der Waals surface area contributed by atoms with Crippen LogP contribution in [-0.2, 0) is 6.61 Å². The molecule has 0 spiro atoms. The number of aromatic nitrogens is 1. The first-order chi connectivity index (χ1) is 11.4. The van der Waals surface area contributed by atoms with Crippen LogP contribution in [-0.4, -0.2) is 23.7 Å². The summed E-state index contributed by atoms with van der Waals surface area (Å²) in [5.74, 6) is 0.599. The van der Waals surface area contributed by atoms with Gasteiger partial charge in [0.05, 0.1) is 6.42 Å². The van der Waals surface area contributed by atoms with Crippen LogP contribution in [0, 0.1) is 0 Å². The zero-order valence-corrected chi connectivity index (χ0v) is 12.6. The summed E-state index contributed by atoms with van der Waals surface area (Å²) in [5, 5.41) is 4.59. The number of nitrogens with zero attached hydrogens (tertiary/aromatic N) is 1. The molecule has 0 bridgehead atoms. The zero-order valence-electron chi connectivity index (χ0n) is 12.6. The minimum absolute atomic E-state index is 0.360. The van der Waals surface area contributed by atoms with Gasteiger partial charge in [0.2, 0.25) is 0 Å². The molecule has 0 atom stereocenters. The van der Waals surface area contributed by atoms with E-state index in [4.69, 9.17) is 4.74 Å². The van der Waals surface area contributed by atoms with Gasteiger partial charge in [0.25, 0.3) is 0 Å². The summed E-state index contributed by atoms with van der Waals surface area (Å²) in [6, 6.07) is 9.51. The van der Waals surface area contributed by atoms with Gasteiger partial charge < -0.3 is 15.4 Å². The van der Waals surface area contributed by atoms with Crippen molar-refractivity contribution in [1.82, 2.24) is 10.3 Å². The highest BCUT2D eigenvalue weighted by Gasteiger charge is 2.26. The molecule has 5 nitrogen and oxygen atoms in total. The lowest BCUT2D eigenvalue weighted by Gasteiger charge is -2.10. The van der Waals surface area contributed by atoms with E-state index in [-0.39, 0.29) is 0 Å². The van der Waals surface area contributed by atoms with Gasteiger partial charge in [-0.1, -0.05) is 6.07 Å². The topological polar surface area (TPSA) is 63.2 Å². The largest absolute Gasteiger partial charge is 0.489 e. The smallest absolute Gasteiger partial charge is 0.390 e. The molecule has 0 aliphatic rings. The second-order valence-corrected chi connectivity index (χ2v) is 4.92. The summed E-state index contributed by atoms with van der Waals surface area (Å²) in [7, 11) is 0. The van der Waals surface area contributed by atoms with Crippen molar-refractivity contribution in [2.24, 2.45) is 0 Å². The molecular weight excluding hydrogens is 323 g/mol. The van der Waals surface area contributed by atoms with E-state index < -0.39 is 25.2 Å². The van der Waals surface area contributed by atoms with Gasteiger partial charge in [-0.15, -0.1) is 0 Å². The van der Waals surface area contributed by atoms with Crippen LogP contribution in [0.15, 0.2) is 48.8 Å². The highest BCUT2D eigenvalue weighted by molar-refractivity contribution is 5.89. The summed E-state index contributed by atoms with van der Waals surface area (Å²) in [6.45, 7) is -0.111. The first kappa shape index (κ1) is 17.6. The first-order valence-electron chi connectivity index (χ1n) is 7.16. The van der Waals surface area contributed by atoms with Crippen LogP contribution in [0.3, 0.4) is 0 Å². The Labute approximate surface area is 136 Å². The quantitative estimate of drug-likeness (QED) is 0.843. The number of hydrogen-bond acceptors (Lipinski definition) is 3. The lowest BCUT2D eigenvalue weighted by molar-refractivity contribution is -0.132. The van der Waals surface area contributed by atoms with Crippen LogP contribution in [0.5, 0.6) is 5.75 Å². The van der Waals surface area contributed by atoms with Crippen molar-refractivity contribution in [2.45, 2.75) is 19.2 Å². The molecule has 0 saturated carbocycles. The number of amides is 2. The molecule has 0 saturated heterocycles. The predicted molar refractivity (Wildman–Crippen MR) is 82.7 cm³/mol. The number of carbonyl (C=O) groups excluding carboxylic acids is 1. The van der Waals surface area contributed by atoms with Crippen molar-refractivity contribution in [3.8, 4) is 5.75 Å². The highest BCUT2D eigenvalue weighted by Crippen LogP contribution is 2.19. The lowest BCUT2D eigenvalue weighted by atomic mass is 10.3. The van der Waals surface area contributed by atoms with Crippen LogP contribution >= 0.6 is 0 Å². The fourth-order valence-electron chi connectivity index (χ4n) is 1.78. The van der Waals surface area contributed by atoms with E-state index >= 15 is 0 Å². The van der Waals surface area contributed by atoms with E-state index in [9.17, 15) is 18.0 Å². The molecule has 0 unspecified atom stereocenters. The van der Waals surface area contributed by atoms with Crippen molar-refractivity contribution >= 4 is 11.7 Å². The number of halogens is 3. The van der Waals surface area contributed by atoms with Crippen molar-refractivity contribution in [3.05, 3.63) is 54.4 Å². The Morgan fingerprint density at radius 1 is 1.17 bits per heavy atom. The molecule has 2 aromatic rings. The second kappa shape index (κ2) is 8.19. The van der Waals surface area contributed by atoms with Gasteiger partial charge in [0.1, 0.15) is 12.4 Å². The maximum atomic E-state index is 12.0. The maximum absolute atomic E-state index is 12.0. The van der Waals surface area contributed by atoms with E-state index in [1.54, 1.807) is 36.7 Å². The van der Waals surface area contributed by atoms with Crippen LogP contribution in [0.4, 0.5) is 23.7 Å². The van der Waals surface area contributed by atoms with Gasteiger partial charge in [0.15, 0.2) is 0 Å². The Morgan fingerprint density at radius 3 is 2.54 bits per heavy atom. The summed E-state index contributed by atoms with van der Waals surface area (Å²) >= 11 is 0. The fourth-order valence-corrected chi connectivity index (χ4v) is 1.78. The van der Waals surface area contributed by atoms with Crippen LogP contribution in [0.2, 0.25) is 0 Å². The molecule has 0 aliphatic carbocycles. The standard InChI is InChI=1S/C16H16F3N3O2/c17-16(18,19)7-9-21-15(23)22-13-3-5-14(6-4-13)24-11-12-2-1-8-20-10-12/h1-6,8,10H,7,9,11H2,(H2,21,22,23). The Hall–Kier alpha value is -2.77. The molecular formula is C16H16F3N3O2. The van der Waals surface area contributed by atoms with Crippen molar-refractivity contribution in [1.29, 1.82) is 0 Å². The van der Waals surface area contributed by atoms with Gasteiger partial charge in [-0.25, -0.2) is 4.79 Å². The third-order valence-electron chi connectivity index (χ3n) is 2.93. The van der Waals surface area contributed by atoms with Crippen molar-refractivity contribution in [2.75, 3.05) is 11.9 Å². The molecule has 0 fully saturated rings. The molecule has 8 heteroatoms. The van der Waals surface area contributed by atoms with E-state index in [0.717, 1.165) is 5.56 Å². The third-order valence-corrected chi connectivity index (χ3v) is 2.93. The van der Waals surface area contributed by atoms with E-state index in [0.29, 0.717) is 18.0 Å². The number of alkyl halides is 3. The van der Waals surface area contributed by atoms with Crippen molar-refractivity contribution in [3.63, 3.8) is 0 Å². The van der Waals surface area contributed by atoms with Gasteiger partial charge in [-0.05, 0) is 30.3 Å². The molecule has 1 aromatic carbocycles. The summed E-state index contributed by atoms with van der Waals surface area (Å²) in [4.78, 5) is 15.4. The summed E-state index contributed by atoms with van der Waals surface area (Å²) in [5.41, 5.74) is 1.37. The number of urea groups is 1. The van der Waals surface area contributed by atoms with Crippen LogP contribution < -0.4 is 15.4 Å². The number of benzene rings is 1. The number of ether oxygens (including phenoxy) is 1. The fraction of sp³-hybridized carbons (Fsp3) is 0.250. The number of carbonyl (C=O) groups is 1. The molecule has 1 aromatic heterocycles. The van der Waals surface area contributed by atoms with Gasteiger partial charge in [0, 0.05) is 30.2 Å². The summed E-state index contributed by atoms with van der Waals surface area (Å²) in [6.07, 6.45) is -1.99. The van der Waals surface area contributed by atoms with Crippen molar-refractivity contribution < 1.29 is 22.7 Å². The highest BCUT2D eigenvalue weighted by atomic mass is 19.4. The third kappa shape index (κ3) is 6.55. The van der Waals surface area contributed by atoms with Gasteiger partial charge in [-0.2, -0.15) is 13.2 Å². The Balaban J connectivity index is 1.76. The predicted octanol–water partition coefficient (Wildman–Crippen LogP) is 3.73. The van der Waals surface area contributed by atoms with Gasteiger partial charge >= 0.3 is 12.2 Å². The average Bonchev–Trinajstić information content (AvgIpc) is 2.54. The summed E-state index contributed by atoms with van der Waals surface area (Å²) < 4.78 is 41.5. The lowest BCUT2D eigenvalue weighted by Crippen LogP contribution is -2.31. The first-order valence-corrected chi connectivity index (χ1v) is 7.16. The number of hydrogen-bond donors (Lipinski definition) is 2. The molecule has 0 aliphatic heterocycles. The normalized spacial score (nSPS) is 11.0. The molecule has 2 N–H and O–H groups in total. The molecule has 2 rings (SSSR count).